The van der Waals surface area contributed by atoms with Crippen molar-refractivity contribution in [2.24, 2.45) is 5.92 Å². The summed E-state index contributed by atoms with van der Waals surface area (Å²) in [6, 6.07) is 7.50. The Hall–Kier alpha value is -2.85. The zero-order chi connectivity index (χ0) is 27.5. The van der Waals surface area contributed by atoms with Crippen LogP contribution in [-0.2, 0) is 16.1 Å². The number of piperidine rings is 1. The van der Waals surface area contributed by atoms with Gasteiger partial charge in [-0.1, -0.05) is 34.4 Å². The number of carbonyl (C=O) groups excluding carboxylic acids is 1. The fraction of sp³-hybridized carbons (Fsp3) is 0.414. The zero-order valence-corrected chi connectivity index (χ0v) is 24.3. The van der Waals surface area contributed by atoms with Crippen LogP contribution in [0.15, 0.2) is 34.3 Å². The molecule has 0 N–H and O–H groups in total. The van der Waals surface area contributed by atoms with E-state index in [-0.39, 0.29) is 18.1 Å². The Balaban J connectivity index is 1.15. The molecule has 3 fully saturated rings. The average molecular weight is 601 g/mol. The number of aromatic nitrogens is 2. The standard InChI is InChI=1S/C29H27Cl2N3O5S/c1-36-28-25-22(40-13-32-25)10-17(29(35)37-2)26(28)34-11-15-8-16(34)9-21(15)38-12-18-24(33-39-27(18)14-6-7-14)23-19(30)4-3-5-20(23)31/h3-5,10,13-16,21H,6-9,11-12H2,1-2H3. The van der Waals surface area contributed by atoms with Gasteiger partial charge >= 0.3 is 5.97 Å². The number of fused-ring (bicyclic) bond motifs is 3. The van der Waals surface area contributed by atoms with E-state index in [4.69, 9.17) is 41.9 Å². The molecule has 2 saturated carbocycles. The summed E-state index contributed by atoms with van der Waals surface area (Å²) in [4.78, 5) is 19.6. The maximum Gasteiger partial charge on any atom is 0.340 e. The first kappa shape index (κ1) is 26.1. The number of benzene rings is 2. The Morgan fingerprint density at radius 1 is 1.20 bits per heavy atom. The Morgan fingerprint density at radius 3 is 2.67 bits per heavy atom. The number of thiazole rings is 1. The van der Waals surface area contributed by atoms with Gasteiger partial charge in [0, 0.05) is 35.5 Å². The molecule has 2 bridgehead atoms. The van der Waals surface area contributed by atoms with Crippen molar-refractivity contribution in [1.82, 2.24) is 10.1 Å². The first-order chi connectivity index (χ1) is 19.5. The largest absolute Gasteiger partial charge is 0.492 e. The minimum atomic E-state index is -0.384. The fourth-order valence-electron chi connectivity index (χ4n) is 6.33. The van der Waals surface area contributed by atoms with E-state index in [9.17, 15) is 4.79 Å². The molecule has 3 unspecified atom stereocenters. The van der Waals surface area contributed by atoms with Gasteiger partial charge in [0.25, 0.3) is 0 Å². The lowest BCUT2D eigenvalue weighted by atomic mass is 10.0. The van der Waals surface area contributed by atoms with Gasteiger partial charge in [-0.3, -0.25) is 0 Å². The Morgan fingerprint density at radius 2 is 2.00 bits per heavy atom. The SMILES string of the molecule is COC(=O)c1cc2scnc2c(OC)c1N1CC2CC1CC2OCc1c(-c2c(Cl)cccc2Cl)noc1C1CC1. The summed E-state index contributed by atoms with van der Waals surface area (Å²) >= 11 is 14.5. The number of hydrogen-bond acceptors (Lipinski definition) is 9. The number of rotatable bonds is 8. The average Bonchev–Trinajstić information content (AvgIpc) is 3.28. The number of ether oxygens (including phenoxy) is 3. The molecule has 2 aliphatic carbocycles. The molecule has 7 rings (SSSR count). The van der Waals surface area contributed by atoms with Gasteiger partial charge in [-0.2, -0.15) is 0 Å². The smallest absolute Gasteiger partial charge is 0.340 e. The van der Waals surface area contributed by atoms with E-state index in [0.717, 1.165) is 59.5 Å². The van der Waals surface area contributed by atoms with Gasteiger partial charge in [0.1, 0.15) is 17.0 Å². The molecule has 2 aromatic carbocycles. The molecule has 40 heavy (non-hydrogen) atoms. The molecule has 2 aromatic heterocycles. The zero-order valence-electron chi connectivity index (χ0n) is 22.0. The van der Waals surface area contributed by atoms with Crippen molar-refractivity contribution in [3.05, 3.63) is 56.7 Å². The molecule has 3 aliphatic rings. The molecular weight excluding hydrogens is 573 g/mol. The van der Waals surface area contributed by atoms with Crippen molar-refractivity contribution in [2.75, 3.05) is 25.7 Å². The van der Waals surface area contributed by atoms with E-state index in [1.165, 1.54) is 18.4 Å². The second kappa shape index (κ2) is 10.2. The summed E-state index contributed by atoms with van der Waals surface area (Å²) in [5.41, 5.74) is 6.05. The van der Waals surface area contributed by atoms with Crippen molar-refractivity contribution in [3.8, 4) is 17.0 Å². The first-order valence-corrected chi connectivity index (χ1v) is 15.0. The van der Waals surface area contributed by atoms with Crippen LogP contribution in [0.1, 0.15) is 53.3 Å². The minimum absolute atomic E-state index is 0.0633. The molecule has 3 atom stereocenters. The normalized spacial score (nSPS) is 21.9. The highest BCUT2D eigenvalue weighted by Crippen LogP contribution is 2.50. The number of nitrogens with zero attached hydrogens (tertiary/aromatic N) is 3. The number of methoxy groups -OCH3 is 2. The lowest BCUT2D eigenvalue weighted by Gasteiger charge is -2.35. The lowest BCUT2D eigenvalue weighted by molar-refractivity contribution is 0.0122. The molecule has 11 heteroatoms. The highest BCUT2D eigenvalue weighted by molar-refractivity contribution is 7.16. The lowest BCUT2D eigenvalue weighted by Crippen LogP contribution is -2.39. The van der Waals surface area contributed by atoms with E-state index >= 15 is 0 Å². The van der Waals surface area contributed by atoms with Gasteiger partial charge in [-0.05, 0) is 43.9 Å². The van der Waals surface area contributed by atoms with Crippen molar-refractivity contribution in [1.29, 1.82) is 0 Å². The third kappa shape index (κ3) is 4.26. The van der Waals surface area contributed by atoms with Gasteiger partial charge < -0.3 is 23.6 Å². The van der Waals surface area contributed by atoms with Crippen molar-refractivity contribution in [3.63, 3.8) is 0 Å². The Labute approximate surface area is 245 Å². The number of anilines is 1. The quantitative estimate of drug-likeness (QED) is 0.198. The summed E-state index contributed by atoms with van der Waals surface area (Å²) in [5.74, 6) is 1.76. The molecule has 8 nitrogen and oxygen atoms in total. The highest BCUT2D eigenvalue weighted by Gasteiger charge is 2.47. The van der Waals surface area contributed by atoms with Crippen LogP contribution in [0, 0.1) is 5.92 Å². The van der Waals surface area contributed by atoms with E-state index < -0.39 is 0 Å². The predicted octanol–water partition coefficient (Wildman–Crippen LogP) is 7.11. The Kier molecular flexibility index (Phi) is 6.65. The fourth-order valence-corrected chi connectivity index (χ4v) is 7.62. The van der Waals surface area contributed by atoms with Gasteiger partial charge in [0.2, 0.25) is 0 Å². The maximum absolute atomic E-state index is 12.8. The number of esters is 1. The van der Waals surface area contributed by atoms with Crippen LogP contribution in [0.25, 0.3) is 21.5 Å². The number of carbonyl (C=O) groups is 1. The molecule has 0 radical (unpaired) electrons. The minimum Gasteiger partial charge on any atom is -0.492 e. The molecule has 3 heterocycles. The Bertz CT molecular complexity index is 1600. The summed E-state index contributed by atoms with van der Waals surface area (Å²) in [6.07, 6.45) is 4.01. The molecule has 1 aliphatic heterocycles. The van der Waals surface area contributed by atoms with Gasteiger partial charge in [0.05, 0.1) is 58.4 Å². The van der Waals surface area contributed by atoms with E-state index in [1.807, 2.05) is 24.3 Å². The summed E-state index contributed by atoms with van der Waals surface area (Å²) in [5, 5.41) is 5.46. The maximum atomic E-state index is 12.8. The van der Waals surface area contributed by atoms with Crippen molar-refractivity contribution >= 4 is 56.4 Å². The first-order valence-electron chi connectivity index (χ1n) is 13.3. The van der Waals surface area contributed by atoms with Crippen LogP contribution >= 0.6 is 34.5 Å². The van der Waals surface area contributed by atoms with Crippen molar-refractivity contribution < 1.29 is 23.5 Å². The second-order valence-corrected chi connectivity index (χ2v) is 12.3. The van der Waals surface area contributed by atoms with Crippen LogP contribution in [0.5, 0.6) is 5.75 Å². The molecule has 208 valence electrons. The molecular formula is C29H27Cl2N3O5S. The third-order valence-electron chi connectivity index (χ3n) is 8.34. The number of hydrogen-bond donors (Lipinski definition) is 0. The van der Waals surface area contributed by atoms with Crippen LogP contribution in [0.3, 0.4) is 0 Å². The topological polar surface area (TPSA) is 86.9 Å². The van der Waals surface area contributed by atoms with E-state index in [1.54, 1.807) is 12.6 Å². The monoisotopic (exact) mass is 599 g/mol. The van der Waals surface area contributed by atoms with Gasteiger partial charge in [0.15, 0.2) is 5.75 Å². The predicted molar refractivity (Wildman–Crippen MR) is 154 cm³/mol. The van der Waals surface area contributed by atoms with Crippen molar-refractivity contribution in [2.45, 2.75) is 50.4 Å². The second-order valence-electron chi connectivity index (χ2n) is 10.6. The summed E-state index contributed by atoms with van der Waals surface area (Å²) < 4.78 is 24.3. The summed E-state index contributed by atoms with van der Waals surface area (Å²) in [7, 11) is 3.03. The number of halogens is 2. The van der Waals surface area contributed by atoms with E-state index in [0.29, 0.717) is 51.1 Å². The molecule has 0 spiro atoms. The van der Waals surface area contributed by atoms with Crippen LogP contribution in [0.4, 0.5) is 5.69 Å². The third-order valence-corrected chi connectivity index (χ3v) is 9.74. The highest BCUT2D eigenvalue weighted by atomic mass is 35.5. The van der Waals surface area contributed by atoms with E-state index in [2.05, 4.69) is 15.0 Å². The molecule has 0 amide bonds. The summed E-state index contributed by atoms with van der Waals surface area (Å²) in [6.45, 7) is 1.12. The van der Waals surface area contributed by atoms with Gasteiger partial charge in [-0.15, -0.1) is 11.3 Å². The van der Waals surface area contributed by atoms with Crippen LogP contribution in [-0.4, -0.2) is 49.0 Å². The molecule has 1 saturated heterocycles. The van der Waals surface area contributed by atoms with Crippen LogP contribution < -0.4 is 9.64 Å². The van der Waals surface area contributed by atoms with Crippen LogP contribution in [0.2, 0.25) is 10.0 Å². The molecule has 4 aromatic rings. The van der Waals surface area contributed by atoms with Gasteiger partial charge in [-0.25, -0.2) is 9.78 Å².